The fraction of sp³-hybridized carbons (Fsp3) is 0.250. The lowest BCUT2D eigenvalue weighted by atomic mass is 10.0. The second-order valence-electron chi connectivity index (χ2n) is 7.34. The van der Waals surface area contributed by atoms with Gasteiger partial charge >= 0.3 is 0 Å². The van der Waals surface area contributed by atoms with Gasteiger partial charge in [-0.2, -0.15) is 0 Å². The topological polar surface area (TPSA) is 45.2 Å². The van der Waals surface area contributed by atoms with Crippen molar-refractivity contribution < 1.29 is 4.79 Å². The number of aromatic nitrogens is 1. The van der Waals surface area contributed by atoms with Crippen LogP contribution in [0, 0.1) is 0 Å². The third-order valence-corrected chi connectivity index (χ3v) is 5.27. The quantitative estimate of drug-likeness (QED) is 0.529. The number of pyridine rings is 1. The summed E-state index contributed by atoms with van der Waals surface area (Å²) in [6.07, 6.45) is 1.88. The van der Waals surface area contributed by atoms with E-state index in [1.165, 1.54) is 5.56 Å². The average molecular weight is 408 g/mol. The molecule has 2 aromatic carbocycles. The number of nitrogens with one attached hydrogen (secondary N) is 1. The molecule has 3 aromatic rings. The lowest BCUT2D eigenvalue weighted by Crippen LogP contribution is -2.18. The summed E-state index contributed by atoms with van der Waals surface area (Å²) in [4.78, 5) is 18.9. The lowest BCUT2D eigenvalue weighted by molar-refractivity contribution is 0.0992. The summed E-state index contributed by atoms with van der Waals surface area (Å²) in [7, 11) is 3.84. The van der Waals surface area contributed by atoms with Gasteiger partial charge < -0.3 is 10.2 Å². The lowest BCUT2D eigenvalue weighted by Gasteiger charge is -2.15. The molecule has 0 aliphatic rings. The molecule has 0 saturated carbocycles. The van der Waals surface area contributed by atoms with Gasteiger partial charge in [0.25, 0.3) is 0 Å². The Morgan fingerprint density at radius 1 is 1.10 bits per heavy atom. The molecule has 0 spiro atoms. The molecule has 0 saturated heterocycles. The molecule has 29 heavy (non-hydrogen) atoms. The third kappa shape index (κ3) is 5.66. The molecular formula is C24H26ClN3O. The highest BCUT2D eigenvalue weighted by Crippen LogP contribution is 2.21. The monoisotopic (exact) mass is 407 g/mol. The number of anilines is 1. The fourth-order valence-corrected chi connectivity index (χ4v) is 3.28. The molecule has 1 unspecified atom stereocenters. The van der Waals surface area contributed by atoms with Gasteiger partial charge in [0.15, 0.2) is 5.78 Å². The van der Waals surface area contributed by atoms with Gasteiger partial charge in [-0.25, -0.2) is 4.98 Å². The zero-order valence-corrected chi connectivity index (χ0v) is 17.8. The maximum atomic E-state index is 12.7. The van der Waals surface area contributed by atoms with Gasteiger partial charge in [0, 0.05) is 49.9 Å². The molecule has 150 valence electrons. The number of Topliss-reactive ketones (excluding diaryl/α,β-unsaturated/α-hetero) is 1. The maximum Gasteiger partial charge on any atom is 0.168 e. The first kappa shape index (κ1) is 21.0. The average Bonchev–Trinajstić information content (AvgIpc) is 2.74. The molecule has 3 rings (SSSR count). The number of nitrogens with zero attached hydrogens (tertiary/aromatic N) is 2. The van der Waals surface area contributed by atoms with Crippen LogP contribution in [0.5, 0.6) is 0 Å². The first-order valence-corrected chi connectivity index (χ1v) is 10.0. The van der Waals surface area contributed by atoms with Crippen molar-refractivity contribution in [2.45, 2.75) is 25.9 Å². The van der Waals surface area contributed by atoms with Crippen molar-refractivity contribution in [1.82, 2.24) is 10.3 Å². The molecule has 0 amide bonds. The van der Waals surface area contributed by atoms with E-state index in [0.29, 0.717) is 17.1 Å². The van der Waals surface area contributed by atoms with Gasteiger partial charge in [0.1, 0.15) is 5.82 Å². The molecule has 1 aromatic heterocycles. The van der Waals surface area contributed by atoms with Crippen molar-refractivity contribution in [3.63, 3.8) is 0 Å². The van der Waals surface area contributed by atoms with E-state index in [0.717, 1.165) is 16.9 Å². The molecule has 1 heterocycles. The number of carbonyl (C=O) groups is 1. The third-order valence-electron chi connectivity index (χ3n) is 4.90. The number of hydrogen-bond acceptors (Lipinski definition) is 4. The summed E-state index contributed by atoms with van der Waals surface area (Å²) in [5.41, 5.74) is 3.76. The van der Waals surface area contributed by atoms with Gasteiger partial charge in [0.2, 0.25) is 0 Å². The Kier molecular flexibility index (Phi) is 7.02. The minimum atomic E-state index is 0.00692. The summed E-state index contributed by atoms with van der Waals surface area (Å²) in [5.74, 6) is 0.827. The van der Waals surface area contributed by atoms with Crippen molar-refractivity contribution in [3.05, 3.63) is 94.1 Å². The van der Waals surface area contributed by atoms with Gasteiger partial charge in [-0.15, -0.1) is 0 Å². The number of benzene rings is 2. The number of carbonyl (C=O) groups excluding carboxylic acids is 1. The van der Waals surface area contributed by atoms with Crippen molar-refractivity contribution >= 4 is 23.2 Å². The van der Waals surface area contributed by atoms with Crippen LogP contribution in [-0.4, -0.2) is 24.9 Å². The predicted molar refractivity (Wildman–Crippen MR) is 120 cm³/mol. The second-order valence-corrected chi connectivity index (χ2v) is 7.75. The summed E-state index contributed by atoms with van der Waals surface area (Å²) in [6, 6.07) is 20.1. The Bertz CT molecular complexity index is 956. The van der Waals surface area contributed by atoms with Gasteiger partial charge in [0.05, 0.1) is 0 Å². The van der Waals surface area contributed by atoms with Crippen molar-refractivity contribution in [2.75, 3.05) is 19.0 Å². The molecule has 0 radical (unpaired) electrons. The standard InChI is InChI=1S/C24H26ClN3O/c1-17(19-7-5-4-6-8-19)26-15-18-9-11-22(25)21(13-18)14-23(29)20-10-12-24(27-16-20)28(2)3/h4-13,16-17,26H,14-15H2,1-3H3. The Labute approximate surface area is 177 Å². The highest BCUT2D eigenvalue weighted by atomic mass is 35.5. The van der Waals surface area contributed by atoms with E-state index in [1.54, 1.807) is 6.20 Å². The van der Waals surface area contributed by atoms with Crippen LogP contribution in [0.3, 0.4) is 0 Å². The normalized spacial score (nSPS) is 11.9. The summed E-state index contributed by atoms with van der Waals surface area (Å²) < 4.78 is 0. The molecule has 4 nitrogen and oxygen atoms in total. The fourth-order valence-electron chi connectivity index (χ4n) is 3.09. The Morgan fingerprint density at radius 3 is 2.52 bits per heavy atom. The molecule has 5 heteroatoms. The highest BCUT2D eigenvalue weighted by molar-refractivity contribution is 6.31. The Balaban J connectivity index is 1.66. The minimum absolute atomic E-state index is 0.00692. The Hall–Kier alpha value is -2.69. The summed E-state index contributed by atoms with van der Waals surface area (Å²) in [5, 5.41) is 4.13. The van der Waals surface area contributed by atoms with Gasteiger partial charge in [-0.3, -0.25) is 4.79 Å². The van der Waals surface area contributed by atoms with Crippen molar-refractivity contribution in [1.29, 1.82) is 0 Å². The van der Waals surface area contributed by atoms with E-state index >= 15 is 0 Å². The highest BCUT2D eigenvalue weighted by Gasteiger charge is 2.12. The molecule has 0 fully saturated rings. The molecule has 1 atom stereocenters. The van der Waals surface area contributed by atoms with Crippen LogP contribution in [0.2, 0.25) is 5.02 Å². The van der Waals surface area contributed by atoms with Gasteiger partial charge in [-0.05, 0) is 41.8 Å². The Morgan fingerprint density at radius 2 is 1.86 bits per heavy atom. The van der Waals surface area contributed by atoms with Crippen LogP contribution in [0.15, 0.2) is 66.9 Å². The number of ketones is 1. The number of rotatable bonds is 8. The predicted octanol–water partition coefficient (Wildman–Crippen LogP) is 5.08. The number of hydrogen-bond donors (Lipinski definition) is 1. The molecular weight excluding hydrogens is 382 g/mol. The maximum absolute atomic E-state index is 12.7. The van der Waals surface area contributed by atoms with E-state index in [2.05, 4.69) is 29.4 Å². The van der Waals surface area contributed by atoms with E-state index in [9.17, 15) is 4.79 Å². The zero-order chi connectivity index (χ0) is 20.8. The van der Waals surface area contributed by atoms with Crippen LogP contribution >= 0.6 is 11.6 Å². The van der Waals surface area contributed by atoms with Crippen molar-refractivity contribution in [2.24, 2.45) is 0 Å². The molecule has 0 aliphatic carbocycles. The molecule has 0 aliphatic heterocycles. The number of halogens is 1. The smallest absolute Gasteiger partial charge is 0.168 e. The minimum Gasteiger partial charge on any atom is -0.363 e. The molecule has 0 bridgehead atoms. The van der Waals surface area contributed by atoms with Crippen LogP contribution in [0.4, 0.5) is 5.82 Å². The molecule has 1 N–H and O–H groups in total. The SMILES string of the molecule is CC(NCc1ccc(Cl)c(CC(=O)c2ccc(N(C)C)nc2)c1)c1ccccc1. The summed E-state index contributed by atoms with van der Waals surface area (Å²) >= 11 is 6.36. The van der Waals surface area contributed by atoms with Crippen LogP contribution in [0.1, 0.15) is 40.0 Å². The van der Waals surface area contributed by atoms with E-state index in [4.69, 9.17) is 11.6 Å². The second kappa shape index (κ2) is 9.68. The van der Waals surface area contributed by atoms with Gasteiger partial charge in [-0.1, -0.05) is 54.1 Å². The largest absolute Gasteiger partial charge is 0.363 e. The first-order valence-electron chi connectivity index (χ1n) is 9.66. The van der Waals surface area contributed by atoms with Crippen molar-refractivity contribution in [3.8, 4) is 0 Å². The van der Waals surface area contributed by atoms with E-state index in [-0.39, 0.29) is 18.2 Å². The van der Waals surface area contributed by atoms with E-state index in [1.807, 2.05) is 67.5 Å². The van der Waals surface area contributed by atoms with Crippen LogP contribution < -0.4 is 10.2 Å². The zero-order valence-electron chi connectivity index (χ0n) is 17.0. The van der Waals surface area contributed by atoms with E-state index < -0.39 is 0 Å². The first-order chi connectivity index (χ1) is 13.9. The van der Waals surface area contributed by atoms with Crippen LogP contribution in [0.25, 0.3) is 0 Å². The summed E-state index contributed by atoms with van der Waals surface area (Å²) in [6.45, 7) is 2.84. The van der Waals surface area contributed by atoms with Crippen LogP contribution in [-0.2, 0) is 13.0 Å².